The molecule has 0 amide bonds. The van der Waals surface area contributed by atoms with E-state index >= 15 is 0 Å². The molecule has 0 N–H and O–H groups in total. The van der Waals surface area contributed by atoms with E-state index < -0.39 is 49.2 Å². The highest BCUT2D eigenvalue weighted by atomic mass is 19.1. The highest BCUT2D eigenvalue weighted by Crippen LogP contribution is 2.28. The van der Waals surface area contributed by atoms with Crippen LogP contribution in [0.2, 0.25) is 0 Å². The Hall–Kier alpha value is -1.70. The number of hydrogen-bond acceptors (Lipinski definition) is 7. The first-order valence-electron chi connectivity index (χ1n) is 6.06. The normalized spacial score (nSPS) is 26.7. The van der Waals surface area contributed by atoms with Crippen LogP contribution in [-0.2, 0) is 33.3 Å². The lowest BCUT2D eigenvalue weighted by Gasteiger charge is -2.20. The largest absolute Gasteiger partial charge is 0.457 e. The molecule has 1 rings (SSSR count). The molecule has 1 fully saturated rings. The molecule has 0 aromatic carbocycles. The number of alkyl halides is 1. The number of carbonyl (C=O) groups is 3. The number of hydrogen-bond donors (Lipinski definition) is 0. The van der Waals surface area contributed by atoms with E-state index in [0.29, 0.717) is 0 Å². The summed E-state index contributed by atoms with van der Waals surface area (Å²) in [6, 6.07) is 0. The molecule has 0 spiro atoms. The zero-order chi connectivity index (χ0) is 15.3. The third-order valence-corrected chi connectivity index (χ3v) is 2.56. The molecule has 0 saturated carbocycles. The molecule has 0 aliphatic carbocycles. The van der Waals surface area contributed by atoms with Crippen molar-refractivity contribution in [3.63, 3.8) is 0 Å². The van der Waals surface area contributed by atoms with E-state index in [0.717, 1.165) is 6.92 Å². The number of halogens is 1. The first kappa shape index (κ1) is 16.4. The van der Waals surface area contributed by atoms with Crippen LogP contribution in [0.3, 0.4) is 0 Å². The minimum Gasteiger partial charge on any atom is -0.457 e. The molecule has 0 aromatic rings. The van der Waals surface area contributed by atoms with Crippen LogP contribution in [0.4, 0.5) is 4.39 Å². The maximum Gasteiger partial charge on any atom is 0.305 e. The van der Waals surface area contributed by atoms with Gasteiger partial charge in [0.1, 0.15) is 12.8 Å². The van der Waals surface area contributed by atoms with Gasteiger partial charge in [-0.2, -0.15) is 0 Å². The van der Waals surface area contributed by atoms with Crippen LogP contribution < -0.4 is 0 Å². The molecule has 114 valence electrons. The quantitative estimate of drug-likeness (QED) is 0.538. The molecule has 1 aliphatic heterocycles. The van der Waals surface area contributed by atoms with Gasteiger partial charge < -0.3 is 18.9 Å². The Morgan fingerprint density at radius 2 is 1.75 bits per heavy atom. The van der Waals surface area contributed by atoms with Crippen LogP contribution in [-0.4, -0.2) is 49.2 Å². The minimum absolute atomic E-state index is 0.0688. The molecule has 8 heteroatoms. The Kier molecular flexibility index (Phi) is 5.87. The van der Waals surface area contributed by atoms with E-state index in [1.807, 2.05) is 0 Å². The van der Waals surface area contributed by atoms with Gasteiger partial charge in [0.05, 0.1) is 0 Å². The number of carbonyl (C=O) groups excluding carboxylic acids is 3. The van der Waals surface area contributed by atoms with Gasteiger partial charge in [-0.15, -0.1) is 0 Å². The lowest BCUT2D eigenvalue weighted by molar-refractivity contribution is -0.201. The van der Waals surface area contributed by atoms with Crippen molar-refractivity contribution in [3.05, 3.63) is 0 Å². The summed E-state index contributed by atoms with van der Waals surface area (Å²) < 4.78 is 32.8. The topological polar surface area (TPSA) is 88.1 Å². The highest BCUT2D eigenvalue weighted by Gasteiger charge is 2.44. The first-order valence-corrected chi connectivity index (χ1v) is 6.06. The molecule has 0 radical (unpaired) electrons. The standard InChI is InChI=1S/C12H17FO7/c1-6(14)17-10-4-9(11(5-13)18-7(2)15)20-12(10)19-8(3)16/h9-12H,4-5H2,1-3H3/t9-,10+,11+,12?/m0/s1. The van der Waals surface area contributed by atoms with Gasteiger partial charge in [0.2, 0.25) is 6.29 Å². The van der Waals surface area contributed by atoms with E-state index in [-0.39, 0.29) is 6.42 Å². The number of ether oxygens (including phenoxy) is 4. The number of esters is 3. The Bertz CT molecular complexity index is 360. The summed E-state index contributed by atoms with van der Waals surface area (Å²) in [4.78, 5) is 32.8. The molecular formula is C12H17FO7. The summed E-state index contributed by atoms with van der Waals surface area (Å²) in [5, 5.41) is 0. The monoisotopic (exact) mass is 292 g/mol. The van der Waals surface area contributed by atoms with Crippen LogP contribution in [0.5, 0.6) is 0 Å². The Labute approximate surface area is 115 Å². The van der Waals surface area contributed by atoms with Crippen molar-refractivity contribution in [2.75, 3.05) is 6.67 Å². The molecular weight excluding hydrogens is 275 g/mol. The Morgan fingerprint density at radius 1 is 1.15 bits per heavy atom. The maximum atomic E-state index is 12.9. The lowest BCUT2D eigenvalue weighted by Crippen LogP contribution is -2.33. The van der Waals surface area contributed by atoms with Crippen molar-refractivity contribution in [2.24, 2.45) is 0 Å². The van der Waals surface area contributed by atoms with E-state index in [1.165, 1.54) is 13.8 Å². The third kappa shape index (κ3) is 4.76. The van der Waals surface area contributed by atoms with Gasteiger partial charge >= 0.3 is 17.9 Å². The van der Waals surface area contributed by atoms with Gasteiger partial charge in [0.15, 0.2) is 12.2 Å². The molecule has 0 bridgehead atoms. The van der Waals surface area contributed by atoms with E-state index in [9.17, 15) is 18.8 Å². The average molecular weight is 292 g/mol. The fourth-order valence-corrected chi connectivity index (χ4v) is 1.90. The lowest BCUT2D eigenvalue weighted by atomic mass is 10.1. The summed E-state index contributed by atoms with van der Waals surface area (Å²) in [7, 11) is 0. The zero-order valence-electron chi connectivity index (χ0n) is 11.5. The van der Waals surface area contributed by atoms with E-state index in [4.69, 9.17) is 18.9 Å². The molecule has 20 heavy (non-hydrogen) atoms. The molecule has 4 atom stereocenters. The Morgan fingerprint density at radius 3 is 2.20 bits per heavy atom. The van der Waals surface area contributed by atoms with E-state index in [2.05, 4.69) is 0 Å². The van der Waals surface area contributed by atoms with Gasteiger partial charge in [-0.05, 0) is 0 Å². The van der Waals surface area contributed by atoms with Crippen molar-refractivity contribution >= 4 is 17.9 Å². The van der Waals surface area contributed by atoms with Crippen molar-refractivity contribution < 1.29 is 37.7 Å². The predicted molar refractivity (Wildman–Crippen MR) is 62.1 cm³/mol. The van der Waals surface area contributed by atoms with Crippen LogP contribution in [0, 0.1) is 0 Å². The van der Waals surface area contributed by atoms with Crippen LogP contribution in [0.1, 0.15) is 27.2 Å². The third-order valence-electron chi connectivity index (χ3n) is 2.56. The van der Waals surface area contributed by atoms with Crippen molar-refractivity contribution in [2.45, 2.75) is 51.8 Å². The second-order valence-corrected chi connectivity index (χ2v) is 4.34. The van der Waals surface area contributed by atoms with Crippen molar-refractivity contribution in [1.82, 2.24) is 0 Å². The summed E-state index contributed by atoms with van der Waals surface area (Å²) in [5.74, 6) is -1.87. The summed E-state index contributed by atoms with van der Waals surface area (Å²) in [5.41, 5.74) is 0. The van der Waals surface area contributed by atoms with E-state index in [1.54, 1.807) is 0 Å². The number of rotatable bonds is 5. The summed E-state index contributed by atoms with van der Waals surface area (Å²) >= 11 is 0. The first-order chi connectivity index (χ1) is 9.33. The average Bonchev–Trinajstić information content (AvgIpc) is 2.67. The molecule has 7 nitrogen and oxygen atoms in total. The molecule has 1 heterocycles. The smallest absolute Gasteiger partial charge is 0.305 e. The van der Waals surface area contributed by atoms with Crippen molar-refractivity contribution in [1.29, 1.82) is 0 Å². The summed E-state index contributed by atoms with van der Waals surface area (Å²) in [6.45, 7) is 2.55. The van der Waals surface area contributed by atoms with Crippen molar-refractivity contribution in [3.8, 4) is 0 Å². The van der Waals surface area contributed by atoms with Crippen LogP contribution >= 0.6 is 0 Å². The highest BCUT2D eigenvalue weighted by molar-refractivity contribution is 5.67. The minimum atomic E-state index is -1.13. The van der Waals surface area contributed by atoms with Gasteiger partial charge in [-0.25, -0.2) is 4.39 Å². The molecule has 1 saturated heterocycles. The predicted octanol–water partition coefficient (Wildman–Crippen LogP) is 0.497. The zero-order valence-corrected chi connectivity index (χ0v) is 11.5. The maximum absolute atomic E-state index is 12.9. The van der Waals surface area contributed by atoms with Gasteiger partial charge in [0.25, 0.3) is 0 Å². The second kappa shape index (κ2) is 7.18. The molecule has 0 aromatic heterocycles. The van der Waals surface area contributed by atoms with Gasteiger partial charge in [0, 0.05) is 27.2 Å². The fourth-order valence-electron chi connectivity index (χ4n) is 1.90. The van der Waals surface area contributed by atoms with Crippen LogP contribution in [0.15, 0.2) is 0 Å². The van der Waals surface area contributed by atoms with Gasteiger partial charge in [-0.1, -0.05) is 0 Å². The van der Waals surface area contributed by atoms with Crippen LogP contribution in [0.25, 0.3) is 0 Å². The van der Waals surface area contributed by atoms with Gasteiger partial charge in [-0.3, -0.25) is 14.4 Å². The molecule has 1 unspecified atom stereocenters. The Balaban J connectivity index is 2.73. The SMILES string of the molecule is CC(=O)OC1O[C@H]([C@@H](CF)OC(C)=O)C[C@H]1OC(C)=O. The summed E-state index contributed by atoms with van der Waals surface area (Å²) in [6.07, 6.45) is -3.90. The second-order valence-electron chi connectivity index (χ2n) is 4.34. The molecule has 1 aliphatic rings. The fraction of sp³-hybridized carbons (Fsp3) is 0.750.